The van der Waals surface area contributed by atoms with Crippen LogP contribution in [0.25, 0.3) is 6.08 Å². The van der Waals surface area contributed by atoms with Crippen molar-refractivity contribution in [2.24, 2.45) is 0 Å². The van der Waals surface area contributed by atoms with E-state index in [9.17, 15) is 4.79 Å². The monoisotopic (exact) mass is 464 g/mol. The third kappa shape index (κ3) is 4.15. The van der Waals surface area contributed by atoms with Crippen LogP contribution in [0.15, 0.2) is 54.3 Å². The molecule has 7 heteroatoms. The van der Waals surface area contributed by atoms with Gasteiger partial charge in [0.2, 0.25) is 5.78 Å². The standard InChI is InChI=1S/C26H21ClO6/c1-15-7-20(31-13-18-9-19(27)8-17-12-30-14-32-26(17)18)11-22-24(15)25(28)23(33-22)10-16-5-3-4-6-21(16)29-2/h3-11H,12-14H2,1-2H3/b23-10-. The highest BCUT2D eigenvalue weighted by molar-refractivity contribution is 6.30. The van der Waals surface area contributed by atoms with E-state index in [-0.39, 0.29) is 24.9 Å². The van der Waals surface area contributed by atoms with Gasteiger partial charge in [-0.3, -0.25) is 4.79 Å². The summed E-state index contributed by atoms with van der Waals surface area (Å²) in [7, 11) is 1.59. The Morgan fingerprint density at radius 3 is 2.85 bits per heavy atom. The Labute approximate surface area is 196 Å². The molecule has 33 heavy (non-hydrogen) atoms. The summed E-state index contributed by atoms with van der Waals surface area (Å²) in [4.78, 5) is 13.0. The Balaban J connectivity index is 1.40. The van der Waals surface area contributed by atoms with Crippen molar-refractivity contribution >= 4 is 23.5 Å². The molecular weight excluding hydrogens is 444 g/mol. The molecule has 168 valence electrons. The van der Waals surface area contributed by atoms with Gasteiger partial charge in [-0.15, -0.1) is 0 Å². The fourth-order valence-electron chi connectivity index (χ4n) is 4.01. The van der Waals surface area contributed by atoms with Gasteiger partial charge in [-0.05, 0) is 42.8 Å². The zero-order valence-electron chi connectivity index (χ0n) is 18.1. The largest absolute Gasteiger partial charge is 0.496 e. The van der Waals surface area contributed by atoms with Crippen LogP contribution in [0, 0.1) is 6.92 Å². The van der Waals surface area contributed by atoms with Crippen LogP contribution in [0.3, 0.4) is 0 Å². The topological polar surface area (TPSA) is 63.2 Å². The zero-order valence-corrected chi connectivity index (χ0v) is 18.9. The van der Waals surface area contributed by atoms with E-state index in [1.54, 1.807) is 19.3 Å². The molecule has 2 aliphatic heterocycles. The van der Waals surface area contributed by atoms with Crippen LogP contribution in [0.5, 0.6) is 23.0 Å². The molecule has 0 aliphatic carbocycles. The minimum absolute atomic E-state index is 0.169. The number of para-hydroxylation sites is 1. The number of Topliss-reactive ketones (excluding diaryl/α,β-unsaturated/α-hetero) is 1. The number of rotatable bonds is 5. The van der Waals surface area contributed by atoms with Crippen LogP contribution in [0.4, 0.5) is 0 Å². The van der Waals surface area contributed by atoms with Crippen molar-refractivity contribution in [3.05, 3.63) is 87.1 Å². The first-order valence-corrected chi connectivity index (χ1v) is 10.8. The molecule has 2 aliphatic rings. The number of halogens is 1. The molecule has 6 nitrogen and oxygen atoms in total. The smallest absolute Gasteiger partial charge is 0.232 e. The Kier molecular flexibility index (Phi) is 5.70. The van der Waals surface area contributed by atoms with Crippen LogP contribution in [0.2, 0.25) is 5.02 Å². The minimum atomic E-state index is -0.169. The number of carbonyl (C=O) groups is 1. The second-order valence-electron chi connectivity index (χ2n) is 7.75. The van der Waals surface area contributed by atoms with E-state index in [2.05, 4.69) is 0 Å². The van der Waals surface area contributed by atoms with Crippen molar-refractivity contribution in [2.45, 2.75) is 20.1 Å². The first kappa shape index (κ1) is 21.4. The lowest BCUT2D eigenvalue weighted by Crippen LogP contribution is -2.14. The number of fused-ring (bicyclic) bond motifs is 2. The van der Waals surface area contributed by atoms with Gasteiger partial charge in [-0.2, -0.15) is 0 Å². The lowest BCUT2D eigenvalue weighted by atomic mass is 10.0. The molecule has 0 aromatic heterocycles. The molecule has 0 radical (unpaired) electrons. The lowest BCUT2D eigenvalue weighted by molar-refractivity contribution is -0.0175. The van der Waals surface area contributed by atoms with Crippen LogP contribution in [-0.4, -0.2) is 19.7 Å². The number of methoxy groups -OCH3 is 1. The Hall–Kier alpha value is -3.48. The molecule has 5 rings (SSSR count). The van der Waals surface area contributed by atoms with E-state index in [1.165, 1.54) is 0 Å². The van der Waals surface area contributed by atoms with Crippen LogP contribution >= 0.6 is 11.6 Å². The van der Waals surface area contributed by atoms with Gasteiger partial charge in [-0.1, -0.05) is 29.8 Å². The maximum atomic E-state index is 13.0. The van der Waals surface area contributed by atoms with E-state index in [4.69, 9.17) is 35.3 Å². The van der Waals surface area contributed by atoms with Crippen molar-refractivity contribution in [3.8, 4) is 23.0 Å². The average Bonchev–Trinajstić information content (AvgIpc) is 3.13. The third-order valence-corrected chi connectivity index (χ3v) is 5.73. The fourth-order valence-corrected chi connectivity index (χ4v) is 4.28. The van der Waals surface area contributed by atoms with E-state index >= 15 is 0 Å². The van der Waals surface area contributed by atoms with Crippen LogP contribution in [-0.2, 0) is 18.0 Å². The van der Waals surface area contributed by atoms with Gasteiger partial charge in [0.05, 0.1) is 19.3 Å². The predicted molar refractivity (Wildman–Crippen MR) is 123 cm³/mol. The number of hydrogen-bond donors (Lipinski definition) is 0. The van der Waals surface area contributed by atoms with E-state index in [0.717, 1.165) is 28.0 Å². The summed E-state index contributed by atoms with van der Waals surface area (Å²) in [5, 5.41) is 0.589. The number of hydrogen-bond acceptors (Lipinski definition) is 6. The Morgan fingerprint density at radius 2 is 2.00 bits per heavy atom. The van der Waals surface area contributed by atoms with Gasteiger partial charge in [0, 0.05) is 27.8 Å². The highest BCUT2D eigenvalue weighted by Gasteiger charge is 2.30. The molecule has 0 saturated carbocycles. The fraction of sp³-hybridized carbons (Fsp3) is 0.192. The molecule has 3 aromatic rings. The first-order chi connectivity index (χ1) is 16.0. The molecule has 0 saturated heterocycles. The average molecular weight is 465 g/mol. The van der Waals surface area contributed by atoms with Crippen molar-refractivity contribution in [1.29, 1.82) is 0 Å². The highest BCUT2D eigenvalue weighted by Crippen LogP contribution is 2.39. The SMILES string of the molecule is COc1ccccc1/C=C1\Oc2cc(OCc3cc(Cl)cc4c3OCOC4)cc(C)c2C1=O. The summed E-state index contributed by atoms with van der Waals surface area (Å²) >= 11 is 6.25. The van der Waals surface area contributed by atoms with E-state index in [0.29, 0.717) is 34.4 Å². The molecule has 0 unspecified atom stereocenters. The number of allylic oxidation sites excluding steroid dienone is 1. The van der Waals surface area contributed by atoms with Gasteiger partial charge in [0.1, 0.15) is 29.6 Å². The third-order valence-electron chi connectivity index (χ3n) is 5.52. The molecule has 0 N–H and O–H groups in total. The number of ketones is 1. The summed E-state index contributed by atoms with van der Waals surface area (Å²) in [6.07, 6.45) is 1.69. The van der Waals surface area contributed by atoms with Crippen LogP contribution < -0.4 is 18.9 Å². The van der Waals surface area contributed by atoms with Gasteiger partial charge in [-0.25, -0.2) is 0 Å². The molecule has 0 bridgehead atoms. The van der Waals surface area contributed by atoms with E-state index < -0.39 is 0 Å². The maximum Gasteiger partial charge on any atom is 0.232 e. The molecule has 2 heterocycles. The summed E-state index contributed by atoms with van der Waals surface area (Å²) in [6, 6.07) is 14.6. The summed E-state index contributed by atoms with van der Waals surface area (Å²) in [5.41, 5.74) is 3.78. The second-order valence-corrected chi connectivity index (χ2v) is 8.18. The van der Waals surface area contributed by atoms with E-state index in [1.807, 2.05) is 49.4 Å². The maximum absolute atomic E-state index is 13.0. The molecule has 0 amide bonds. The highest BCUT2D eigenvalue weighted by atomic mass is 35.5. The van der Waals surface area contributed by atoms with Crippen LogP contribution in [0.1, 0.15) is 32.6 Å². The number of carbonyl (C=O) groups excluding carboxylic acids is 1. The van der Waals surface area contributed by atoms with Crippen molar-refractivity contribution < 1.29 is 28.5 Å². The quantitative estimate of drug-likeness (QED) is 0.450. The number of benzene rings is 3. The number of aryl methyl sites for hydroxylation is 1. The number of ether oxygens (including phenoxy) is 5. The molecule has 0 atom stereocenters. The molecular formula is C26H21ClO6. The van der Waals surface area contributed by atoms with Crippen molar-refractivity contribution in [3.63, 3.8) is 0 Å². The zero-order chi connectivity index (χ0) is 22.9. The summed E-state index contributed by atoms with van der Waals surface area (Å²) < 4.78 is 28.3. The minimum Gasteiger partial charge on any atom is -0.496 e. The van der Waals surface area contributed by atoms with Gasteiger partial charge >= 0.3 is 0 Å². The second kappa shape index (κ2) is 8.81. The Bertz CT molecular complexity index is 1280. The predicted octanol–water partition coefficient (Wildman–Crippen LogP) is 5.72. The lowest BCUT2D eigenvalue weighted by Gasteiger charge is -2.21. The Morgan fingerprint density at radius 1 is 1.15 bits per heavy atom. The first-order valence-electron chi connectivity index (χ1n) is 10.4. The van der Waals surface area contributed by atoms with Crippen molar-refractivity contribution in [1.82, 2.24) is 0 Å². The van der Waals surface area contributed by atoms with Gasteiger partial charge in [0.25, 0.3) is 0 Å². The van der Waals surface area contributed by atoms with Gasteiger partial charge < -0.3 is 23.7 Å². The molecule has 3 aromatic carbocycles. The van der Waals surface area contributed by atoms with Gasteiger partial charge in [0.15, 0.2) is 12.6 Å². The molecule has 0 fully saturated rings. The molecule has 0 spiro atoms. The normalized spacial score (nSPS) is 15.5. The summed E-state index contributed by atoms with van der Waals surface area (Å²) in [5.74, 6) is 2.52. The van der Waals surface area contributed by atoms with Crippen molar-refractivity contribution in [2.75, 3.05) is 13.9 Å². The summed E-state index contributed by atoms with van der Waals surface area (Å²) in [6.45, 7) is 2.74.